The maximum absolute atomic E-state index is 12.1. The highest BCUT2D eigenvalue weighted by Gasteiger charge is 2.43. The van der Waals surface area contributed by atoms with Gasteiger partial charge in [0.15, 0.2) is 5.78 Å². The number of phosphoric acid groups is 1. The van der Waals surface area contributed by atoms with Gasteiger partial charge in [-0.25, -0.2) is 4.57 Å². The summed E-state index contributed by atoms with van der Waals surface area (Å²) in [6.07, 6.45) is 1.54. The summed E-state index contributed by atoms with van der Waals surface area (Å²) in [5.41, 5.74) is 2.06. The molecule has 1 aliphatic carbocycles. The molecule has 0 radical (unpaired) electrons. The minimum Gasteiger partial charge on any atom is -0.404 e. The first-order valence-electron chi connectivity index (χ1n) is 6.97. The second-order valence-corrected chi connectivity index (χ2v) is 8.09. The Hall–Kier alpha value is -1.30. The van der Waals surface area contributed by atoms with E-state index in [0.717, 1.165) is 5.69 Å². The van der Waals surface area contributed by atoms with Crippen LogP contribution < -0.4 is 9.84 Å². The Morgan fingerprint density at radius 3 is 2.62 bits per heavy atom. The Labute approximate surface area is 148 Å². The maximum Gasteiger partial charge on any atom is 0.524 e. The SMILES string of the molecule is CC1(C)C2=C(C=C(Cl)C(=O)C2Cl)Nc2ccc(OP(=O)(O)O)cc21. The summed E-state index contributed by atoms with van der Waals surface area (Å²) in [6.45, 7) is 3.75. The van der Waals surface area contributed by atoms with E-state index in [4.69, 9.17) is 33.0 Å². The quantitative estimate of drug-likeness (QED) is 0.529. The Balaban J connectivity index is 2.12. The first-order chi connectivity index (χ1) is 11.0. The number of alkyl halides is 1. The fraction of sp³-hybridized carbons (Fsp3) is 0.267. The molecular formula is C15H14Cl2NO5P. The number of benzene rings is 1. The third-order valence-electron chi connectivity index (χ3n) is 4.11. The van der Waals surface area contributed by atoms with Crippen molar-refractivity contribution < 1.29 is 23.7 Å². The lowest BCUT2D eigenvalue weighted by Gasteiger charge is -2.40. The Morgan fingerprint density at radius 1 is 1.33 bits per heavy atom. The summed E-state index contributed by atoms with van der Waals surface area (Å²) in [7, 11) is -4.66. The third kappa shape index (κ3) is 2.89. The molecule has 0 bridgehead atoms. The molecule has 1 aromatic rings. The van der Waals surface area contributed by atoms with E-state index in [0.29, 0.717) is 16.8 Å². The summed E-state index contributed by atoms with van der Waals surface area (Å²) in [6, 6.07) is 4.62. The normalized spacial score (nSPS) is 22.3. The van der Waals surface area contributed by atoms with Crippen molar-refractivity contribution in [2.45, 2.75) is 24.6 Å². The number of halogens is 2. The van der Waals surface area contributed by atoms with Gasteiger partial charge in [0.2, 0.25) is 0 Å². The molecule has 3 rings (SSSR count). The van der Waals surface area contributed by atoms with Gasteiger partial charge in [0.25, 0.3) is 0 Å². The lowest BCUT2D eigenvalue weighted by molar-refractivity contribution is -0.114. The summed E-state index contributed by atoms with van der Waals surface area (Å²) in [4.78, 5) is 30.1. The fourth-order valence-corrected chi connectivity index (χ4v) is 4.23. The molecule has 0 saturated heterocycles. The van der Waals surface area contributed by atoms with Crippen LogP contribution in [0.2, 0.25) is 0 Å². The molecule has 1 unspecified atom stereocenters. The van der Waals surface area contributed by atoms with Crippen molar-refractivity contribution in [3.05, 3.63) is 46.1 Å². The van der Waals surface area contributed by atoms with E-state index >= 15 is 0 Å². The molecule has 2 aliphatic rings. The minimum atomic E-state index is -4.66. The highest BCUT2D eigenvalue weighted by molar-refractivity contribution is 7.46. The minimum absolute atomic E-state index is 0.0304. The number of carbonyl (C=O) groups excluding carboxylic acids is 1. The largest absolute Gasteiger partial charge is 0.524 e. The molecule has 24 heavy (non-hydrogen) atoms. The third-order valence-corrected chi connectivity index (χ3v) is 5.27. The summed E-state index contributed by atoms with van der Waals surface area (Å²) >= 11 is 12.3. The number of hydrogen-bond donors (Lipinski definition) is 3. The van der Waals surface area contributed by atoms with Crippen LogP contribution in [0, 0.1) is 0 Å². The molecule has 9 heteroatoms. The van der Waals surface area contributed by atoms with Gasteiger partial charge in [0, 0.05) is 16.8 Å². The van der Waals surface area contributed by atoms with Crippen LogP contribution in [0.5, 0.6) is 5.75 Å². The van der Waals surface area contributed by atoms with Crippen molar-refractivity contribution in [1.82, 2.24) is 0 Å². The van der Waals surface area contributed by atoms with Crippen LogP contribution in [0.1, 0.15) is 19.4 Å². The average Bonchev–Trinajstić information content (AvgIpc) is 2.43. The molecule has 0 aromatic heterocycles. The molecule has 128 valence electrons. The molecule has 1 heterocycles. The standard InChI is InChI=1S/C15H14Cl2NO5P/c1-15(2)8-5-7(23-24(20,21)22)3-4-10(8)18-11-6-9(16)14(19)13(17)12(11)15/h3-6,13,18H,1-2H3,(H2,20,21,22). The predicted octanol–water partition coefficient (Wildman–Crippen LogP) is 3.43. The van der Waals surface area contributed by atoms with E-state index in [1.165, 1.54) is 12.1 Å². The van der Waals surface area contributed by atoms with Crippen LogP contribution in [0.25, 0.3) is 0 Å². The summed E-state index contributed by atoms with van der Waals surface area (Å²) < 4.78 is 15.7. The van der Waals surface area contributed by atoms with E-state index in [9.17, 15) is 9.36 Å². The molecule has 3 N–H and O–H groups in total. The van der Waals surface area contributed by atoms with Crippen LogP contribution in [0.3, 0.4) is 0 Å². The second-order valence-electron chi connectivity index (χ2n) is 6.09. The van der Waals surface area contributed by atoms with Gasteiger partial charge in [-0.2, -0.15) is 0 Å². The lowest BCUT2D eigenvalue weighted by atomic mass is 9.70. The number of allylic oxidation sites excluding steroid dienone is 3. The lowest BCUT2D eigenvalue weighted by Crippen LogP contribution is -2.38. The first-order valence-corrected chi connectivity index (χ1v) is 9.32. The highest BCUT2D eigenvalue weighted by atomic mass is 35.5. The van der Waals surface area contributed by atoms with Gasteiger partial charge in [-0.05, 0) is 35.4 Å². The van der Waals surface area contributed by atoms with Crippen LogP contribution in [-0.2, 0) is 14.8 Å². The molecule has 1 aliphatic heterocycles. The van der Waals surface area contributed by atoms with Crippen molar-refractivity contribution in [1.29, 1.82) is 0 Å². The van der Waals surface area contributed by atoms with E-state index in [1.54, 1.807) is 12.1 Å². The van der Waals surface area contributed by atoms with Gasteiger partial charge in [-0.3, -0.25) is 14.6 Å². The molecule has 1 aromatic carbocycles. The van der Waals surface area contributed by atoms with Gasteiger partial charge in [0.1, 0.15) is 11.1 Å². The summed E-state index contributed by atoms with van der Waals surface area (Å²) in [5, 5.41) is 2.30. The van der Waals surface area contributed by atoms with Crippen LogP contribution in [0.4, 0.5) is 5.69 Å². The zero-order valence-electron chi connectivity index (χ0n) is 12.7. The molecule has 1 atom stereocenters. The topological polar surface area (TPSA) is 95.9 Å². The van der Waals surface area contributed by atoms with Crippen molar-refractivity contribution in [3.63, 3.8) is 0 Å². The molecule has 6 nitrogen and oxygen atoms in total. The van der Waals surface area contributed by atoms with Crippen molar-refractivity contribution in [2.24, 2.45) is 0 Å². The number of nitrogens with one attached hydrogen (secondary N) is 1. The number of ketones is 1. The second kappa shape index (κ2) is 5.61. The number of fused-ring (bicyclic) bond motifs is 1. The molecular weight excluding hydrogens is 376 g/mol. The highest BCUT2D eigenvalue weighted by Crippen LogP contribution is 2.49. The monoisotopic (exact) mass is 389 g/mol. The number of rotatable bonds is 2. The van der Waals surface area contributed by atoms with E-state index in [1.807, 2.05) is 13.8 Å². The Kier molecular flexibility index (Phi) is 4.10. The Bertz CT molecular complexity index is 855. The fourth-order valence-electron chi connectivity index (χ4n) is 3.05. The first kappa shape index (κ1) is 17.5. The number of hydrogen-bond acceptors (Lipinski definition) is 4. The maximum atomic E-state index is 12.1. The van der Waals surface area contributed by atoms with Gasteiger partial charge in [-0.1, -0.05) is 25.4 Å². The van der Waals surface area contributed by atoms with Gasteiger partial charge >= 0.3 is 7.82 Å². The van der Waals surface area contributed by atoms with E-state index in [2.05, 4.69) is 9.84 Å². The average molecular weight is 390 g/mol. The molecule has 0 spiro atoms. The van der Waals surface area contributed by atoms with Gasteiger partial charge < -0.3 is 9.84 Å². The zero-order chi connectivity index (χ0) is 17.9. The van der Waals surface area contributed by atoms with Crippen molar-refractivity contribution >= 4 is 42.5 Å². The number of anilines is 1. The Morgan fingerprint density at radius 2 is 2.00 bits per heavy atom. The smallest absolute Gasteiger partial charge is 0.404 e. The zero-order valence-corrected chi connectivity index (χ0v) is 15.1. The number of Topliss-reactive ketones (excluding diaryl/α,β-unsaturated/α-hetero) is 1. The molecule has 0 saturated carbocycles. The van der Waals surface area contributed by atoms with E-state index < -0.39 is 18.6 Å². The summed E-state index contributed by atoms with van der Waals surface area (Å²) in [5.74, 6) is -0.346. The van der Waals surface area contributed by atoms with Crippen LogP contribution in [-0.4, -0.2) is 20.9 Å². The van der Waals surface area contributed by atoms with Crippen molar-refractivity contribution in [3.8, 4) is 5.75 Å². The van der Waals surface area contributed by atoms with Crippen LogP contribution in [0.15, 0.2) is 40.6 Å². The predicted molar refractivity (Wildman–Crippen MR) is 91.4 cm³/mol. The molecule has 0 amide bonds. The van der Waals surface area contributed by atoms with Crippen molar-refractivity contribution in [2.75, 3.05) is 5.32 Å². The number of carbonyl (C=O) groups is 1. The number of phosphoric ester groups is 1. The van der Waals surface area contributed by atoms with E-state index in [-0.39, 0.29) is 16.6 Å². The van der Waals surface area contributed by atoms with Gasteiger partial charge in [-0.15, -0.1) is 11.6 Å². The molecule has 0 fully saturated rings. The van der Waals surface area contributed by atoms with Gasteiger partial charge in [0.05, 0.1) is 5.03 Å². The van der Waals surface area contributed by atoms with Crippen LogP contribution >= 0.6 is 31.0 Å².